The summed E-state index contributed by atoms with van der Waals surface area (Å²) in [4.78, 5) is 3.12. The summed E-state index contributed by atoms with van der Waals surface area (Å²) in [5.74, 6) is 0. The van der Waals surface area contributed by atoms with E-state index in [9.17, 15) is 5.02 Å². The normalized spacial score (nSPS) is 10.3. The molecule has 0 spiro atoms. The Morgan fingerprint density at radius 2 is 1.93 bits per heavy atom. The van der Waals surface area contributed by atoms with Crippen LogP contribution in [0.1, 0.15) is 0 Å². The van der Waals surface area contributed by atoms with Crippen LogP contribution in [-0.2, 0) is 4.65 Å². The largest absolute Gasteiger partial charge is 0.490 e. The highest BCUT2D eigenvalue weighted by Crippen LogP contribution is 2.14. The van der Waals surface area contributed by atoms with E-state index in [2.05, 4.69) is 4.98 Å². The number of hydrogen-bond acceptors (Lipinski definition) is 2. The molecule has 0 aliphatic rings. The van der Waals surface area contributed by atoms with E-state index >= 15 is 0 Å². The lowest BCUT2D eigenvalue weighted by Crippen LogP contribution is -2.31. The van der Waals surface area contributed by atoms with Crippen LogP contribution in [0.15, 0.2) is 42.6 Å². The molecule has 0 aliphatic heterocycles. The summed E-state index contributed by atoms with van der Waals surface area (Å²) in [7, 11) is 0.631. The summed E-state index contributed by atoms with van der Waals surface area (Å²) < 4.78 is 4.81. The number of H-pyrrole nitrogens is 1. The highest BCUT2D eigenvalue weighted by atomic mass is 16.5. The minimum atomic E-state index is -0.845. The highest BCUT2D eigenvalue weighted by molar-refractivity contribution is 6.59. The Kier molecular flexibility index (Phi) is 2.90. The molecule has 0 fully saturated rings. The number of benzene rings is 1. The van der Waals surface area contributed by atoms with Crippen LogP contribution in [0.3, 0.4) is 0 Å². The van der Waals surface area contributed by atoms with E-state index in [1.165, 1.54) is 7.11 Å². The summed E-state index contributed by atoms with van der Waals surface area (Å²) in [5.41, 5.74) is 2.91. The van der Waals surface area contributed by atoms with Crippen molar-refractivity contribution in [3.8, 4) is 11.3 Å². The fraction of sp³-hybridized carbons (Fsp3) is 0.0909. The standard InChI is InChI=1S/C11H12BNO2/c1-15-12(14)10-6-4-9(5-7-10)11-3-2-8-13-11/h2-8,13-14H,1H3. The molecule has 4 heteroatoms. The third kappa shape index (κ3) is 2.11. The Balaban J connectivity index is 2.25. The van der Waals surface area contributed by atoms with Gasteiger partial charge in [0, 0.05) is 19.0 Å². The number of aromatic nitrogens is 1. The van der Waals surface area contributed by atoms with Crippen LogP contribution >= 0.6 is 0 Å². The zero-order chi connectivity index (χ0) is 10.7. The molecule has 2 aromatic rings. The van der Waals surface area contributed by atoms with Gasteiger partial charge in [-0.25, -0.2) is 0 Å². The van der Waals surface area contributed by atoms with Crippen LogP contribution in [0.2, 0.25) is 0 Å². The summed E-state index contributed by atoms with van der Waals surface area (Å²) >= 11 is 0. The minimum absolute atomic E-state index is 0.757. The average Bonchev–Trinajstić information content (AvgIpc) is 2.82. The molecule has 0 bridgehead atoms. The number of hydrogen-bond donors (Lipinski definition) is 2. The summed E-state index contributed by atoms with van der Waals surface area (Å²) in [6.07, 6.45) is 1.88. The zero-order valence-electron chi connectivity index (χ0n) is 8.47. The van der Waals surface area contributed by atoms with Crippen LogP contribution in [-0.4, -0.2) is 24.2 Å². The Morgan fingerprint density at radius 1 is 1.20 bits per heavy atom. The van der Waals surface area contributed by atoms with Crippen molar-refractivity contribution in [1.82, 2.24) is 4.98 Å². The van der Waals surface area contributed by atoms with Gasteiger partial charge in [0.2, 0.25) is 0 Å². The molecule has 1 heterocycles. The van der Waals surface area contributed by atoms with Crippen molar-refractivity contribution in [2.75, 3.05) is 7.11 Å². The summed E-state index contributed by atoms with van der Waals surface area (Å²) in [5, 5.41) is 9.42. The number of aromatic amines is 1. The maximum absolute atomic E-state index is 9.42. The van der Waals surface area contributed by atoms with Crippen LogP contribution in [0.5, 0.6) is 0 Å². The molecule has 1 aromatic heterocycles. The van der Waals surface area contributed by atoms with Crippen molar-refractivity contribution in [2.45, 2.75) is 0 Å². The fourth-order valence-corrected chi connectivity index (χ4v) is 1.47. The van der Waals surface area contributed by atoms with E-state index in [1.807, 2.05) is 42.6 Å². The predicted molar refractivity (Wildman–Crippen MR) is 60.8 cm³/mol. The van der Waals surface area contributed by atoms with Crippen molar-refractivity contribution in [3.63, 3.8) is 0 Å². The number of nitrogens with one attached hydrogen (secondary N) is 1. The van der Waals surface area contributed by atoms with Gasteiger partial charge in [-0.3, -0.25) is 0 Å². The van der Waals surface area contributed by atoms with E-state index in [4.69, 9.17) is 4.65 Å². The van der Waals surface area contributed by atoms with Crippen LogP contribution < -0.4 is 5.46 Å². The Hall–Kier alpha value is -1.52. The topological polar surface area (TPSA) is 45.2 Å². The maximum Gasteiger partial charge on any atom is 0.490 e. The minimum Gasteiger partial charge on any atom is -0.423 e. The first-order valence-corrected chi connectivity index (χ1v) is 4.76. The Morgan fingerprint density at radius 3 is 2.47 bits per heavy atom. The van der Waals surface area contributed by atoms with Crippen molar-refractivity contribution >= 4 is 12.6 Å². The maximum atomic E-state index is 9.42. The van der Waals surface area contributed by atoms with E-state index in [-0.39, 0.29) is 0 Å². The molecule has 0 aliphatic carbocycles. The molecule has 0 amide bonds. The molecule has 0 unspecified atom stereocenters. The van der Waals surface area contributed by atoms with Gasteiger partial charge >= 0.3 is 7.12 Å². The van der Waals surface area contributed by atoms with Gasteiger partial charge in [0.25, 0.3) is 0 Å². The lowest BCUT2D eigenvalue weighted by atomic mass is 9.79. The lowest BCUT2D eigenvalue weighted by molar-refractivity contribution is 0.341. The van der Waals surface area contributed by atoms with Crippen molar-refractivity contribution in [3.05, 3.63) is 42.6 Å². The molecule has 0 saturated carbocycles. The quantitative estimate of drug-likeness (QED) is 0.728. The van der Waals surface area contributed by atoms with E-state index in [0.717, 1.165) is 16.7 Å². The van der Waals surface area contributed by atoms with Crippen molar-refractivity contribution in [1.29, 1.82) is 0 Å². The molecule has 2 N–H and O–H groups in total. The van der Waals surface area contributed by atoms with Gasteiger partial charge in [0.1, 0.15) is 0 Å². The van der Waals surface area contributed by atoms with Gasteiger partial charge in [0.15, 0.2) is 0 Å². The number of rotatable bonds is 3. The molecule has 0 radical (unpaired) electrons. The molecular weight excluding hydrogens is 189 g/mol. The molecule has 1 aromatic carbocycles. The molecule has 0 atom stereocenters. The molecule has 15 heavy (non-hydrogen) atoms. The van der Waals surface area contributed by atoms with Gasteiger partial charge in [-0.05, 0) is 23.2 Å². The first-order valence-electron chi connectivity index (χ1n) is 4.76. The van der Waals surface area contributed by atoms with E-state index in [0.29, 0.717) is 0 Å². The Bertz CT molecular complexity index is 411. The van der Waals surface area contributed by atoms with Gasteiger partial charge in [0.05, 0.1) is 0 Å². The average molecular weight is 201 g/mol. The highest BCUT2D eigenvalue weighted by Gasteiger charge is 2.13. The van der Waals surface area contributed by atoms with Gasteiger partial charge in [-0.2, -0.15) is 0 Å². The predicted octanol–water partition coefficient (Wildman–Crippen LogP) is 1.02. The monoisotopic (exact) mass is 201 g/mol. The zero-order valence-corrected chi connectivity index (χ0v) is 8.47. The van der Waals surface area contributed by atoms with Crippen LogP contribution in [0.25, 0.3) is 11.3 Å². The molecule has 2 rings (SSSR count). The first-order chi connectivity index (χ1) is 7.31. The van der Waals surface area contributed by atoms with E-state index < -0.39 is 7.12 Å². The van der Waals surface area contributed by atoms with Gasteiger partial charge in [-0.15, -0.1) is 0 Å². The molecule has 3 nitrogen and oxygen atoms in total. The first kappa shape index (κ1) is 10.0. The summed E-state index contributed by atoms with van der Waals surface area (Å²) in [6.45, 7) is 0. The van der Waals surface area contributed by atoms with E-state index in [1.54, 1.807) is 0 Å². The second-order valence-electron chi connectivity index (χ2n) is 3.29. The SMILES string of the molecule is COB(O)c1ccc(-c2ccc[nH]2)cc1. The fourth-order valence-electron chi connectivity index (χ4n) is 1.47. The van der Waals surface area contributed by atoms with Crippen molar-refractivity contribution in [2.24, 2.45) is 0 Å². The van der Waals surface area contributed by atoms with Gasteiger partial charge in [-0.1, -0.05) is 24.3 Å². The Labute approximate surface area is 88.9 Å². The molecule has 0 saturated heterocycles. The third-order valence-electron chi connectivity index (χ3n) is 2.33. The second-order valence-corrected chi connectivity index (χ2v) is 3.29. The summed E-state index contributed by atoms with van der Waals surface area (Å²) in [6, 6.07) is 11.6. The molecular formula is C11H12BNO2. The lowest BCUT2D eigenvalue weighted by Gasteiger charge is -2.04. The second kappa shape index (κ2) is 4.34. The van der Waals surface area contributed by atoms with Crippen LogP contribution in [0.4, 0.5) is 0 Å². The third-order valence-corrected chi connectivity index (χ3v) is 2.33. The van der Waals surface area contributed by atoms with Gasteiger partial charge < -0.3 is 14.7 Å². The van der Waals surface area contributed by atoms with Crippen molar-refractivity contribution < 1.29 is 9.68 Å². The smallest absolute Gasteiger partial charge is 0.423 e. The molecule has 76 valence electrons. The van der Waals surface area contributed by atoms with Crippen LogP contribution in [0, 0.1) is 0 Å².